The Hall–Kier alpha value is -1.87. The minimum absolute atomic E-state index is 0.637. The number of aliphatic hydroxyl groups is 1. The first-order chi connectivity index (χ1) is 8.78. The first kappa shape index (κ1) is 13.6. The Morgan fingerprint density at radius 2 is 1.58 bits per heavy atom. The Morgan fingerprint density at radius 1 is 1.00 bits per heavy atom. The van der Waals surface area contributed by atoms with Gasteiger partial charge in [-0.15, -0.1) is 0 Å². The van der Waals surface area contributed by atoms with Crippen LogP contribution in [0.1, 0.15) is 26.3 Å². The van der Waals surface area contributed by atoms with Gasteiger partial charge in [-0.1, -0.05) is 42.5 Å². The summed E-state index contributed by atoms with van der Waals surface area (Å²) in [5.74, 6) is -1.02. The van der Waals surface area contributed by atoms with Crippen molar-refractivity contribution in [2.75, 3.05) is 0 Å². The Balaban J connectivity index is 2.71. The second kappa shape index (κ2) is 4.35. The minimum atomic E-state index is -1.46. The van der Waals surface area contributed by atoms with E-state index in [0.29, 0.717) is 5.56 Å². The molecule has 1 unspecified atom stereocenters. The fourth-order valence-electron chi connectivity index (χ4n) is 2.19. The highest BCUT2D eigenvalue weighted by Crippen LogP contribution is 2.42. The second-order valence-corrected chi connectivity index (χ2v) is 5.53. The zero-order chi connectivity index (χ0) is 14.3. The molecule has 2 aromatic rings. The van der Waals surface area contributed by atoms with Crippen LogP contribution < -0.4 is 0 Å². The molecule has 0 bridgehead atoms. The molecule has 3 nitrogen and oxygen atoms in total. The van der Waals surface area contributed by atoms with Gasteiger partial charge in [-0.3, -0.25) is 4.79 Å². The van der Waals surface area contributed by atoms with Gasteiger partial charge in [-0.25, -0.2) is 0 Å². The summed E-state index contributed by atoms with van der Waals surface area (Å²) < 4.78 is 0. The zero-order valence-electron chi connectivity index (χ0n) is 11.3. The van der Waals surface area contributed by atoms with Crippen molar-refractivity contribution in [1.29, 1.82) is 0 Å². The largest absolute Gasteiger partial charge is 0.481 e. The summed E-state index contributed by atoms with van der Waals surface area (Å²) >= 11 is 0. The Bertz CT molecular complexity index is 621. The van der Waals surface area contributed by atoms with Crippen molar-refractivity contribution in [3.05, 3.63) is 48.0 Å². The van der Waals surface area contributed by atoms with Gasteiger partial charge in [-0.2, -0.15) is 0 Å². The van der Waals surface area contributed by atoms with E-state index in [2.05, 4.69) is 0 Å². The molecule has 0 aromatic heterocycles. The molecule has 0 saturated carbocycles. The highest BCUT2D eigenvalue weighted by molar-refractivity contribution is 5.87. The van der Waals surface area contributed by atoms with Crippen LogP contribution in [0, 0.1) is 5.41 Å². The second-order valence-electron chi connectivity index (χ2n) is 5.53. The SMILES string of the molecule is CC(C)(C(=O)O)C(C)(O)c1cccc2ccccc12. The first-order valence-corrected chi connectivity index (χ1v) is 6.22. The van der Waals surface area contributed by atoms with Crippen LogP contribution in [0.25, 0.3) is 10.8 Å². The number of aliphatic carboxylic acids is 1. The van der Waals surface area contributed by atoms with Crippen LogP contribution in [0.5, 0.6) is 0 Å². The lowest BCUT2D eigenvalue weighted by atomic mass is 9.71. The van der Waals surface area contributed by atoms with E-state index in [0.717, 1.165) is 10.8 Å². The van der Waals surface area contributed by atoms with Crippen molar-refractivity contribution >= 4 is 16.7 Å². The molecular formula is C16H18O3. The van der Waals surface area contributed by atoms with Crippen molar-refractivity contribution in [3.8, 4) is 0 Å². The van der Waals surface area contributed by atoms with Crippen LogP contribution in [0.2, 0.25) is 0 Å². The fraction of sp³-hybridized carbons (Fsp3) is 0.312. The van der Waals surface area contributed by atoms with Gasteiger partial charge in [0.05, 0.1) is 5.41 Å². The molecule has 0 amide bonds. The predicted octanol–water partition coefficient (Wildman–Crippen LogP) is 3.16. The molecule has 0 aliphatic rings. The van der Waals surface area contributed by atoms with Gasteiger partial charge >= 0.3 is 5.97 Å². The molecule has 0 fully saturated rings. The van der Waals surface area contributed by atoms with Crippen LogP contribution in [-0.2, 0) is 10.4 Å². The highest BCUT2D eigenvalue weighted by Gasteiger charge is 2.47. The number of hydrogen-bond donors (Lipinski definition) is 2. The molecule has 100 valence electrons. The van der Waals surface area contributed by atoms with Gasteiger partial charge < -0.3 is 10.2 Å². The standard InChI is InChI=1S/C16H18O3/c1-15(2,14(17)18)16(3,19)13-10-6-8-11-7-4-5-9-12(11)13/h4-10,19H,1-3H3,(H,17,18). The molecule has 0 radical (unpaired) electrons. The van der Waals surface area contributed by atoms with E-state index in [1.54, 1.807) is 13.0 Å². The monoisotopic (exact) mass is 258 g/mol. The van der Waals surface area contributed by atoms with Crippen LogP contribution in [0.3, 0.4) is 0 Å². The Labute approximate surface area is 112 Å². The molecule has 0 saturated heterocycles. The molecule has 2 N–H and O–H groups in total. The maximum absolute atomic E-state index is 11.4. The summed E-state index contributed by atoms with van der Waals surface area (Å²) in [5, 5.41) is 22.0. The zero-order valence-corrected chi connectivity index (χ0v) is 11.3. The number of rotatable bonds is 3. The summed E-state index contributed by atoms with van der Waals surface area (Å²) in [4.78, 5) is 11.4. The fourth-order valence-corrected chi connectivity index (χ4v) is 2.19. The molecule has 0 spiro atoms. The number of fused-ring (bicyclic) bond motifs is 1. The third-order valence-corrected chi connectivity index (χ3v) is 4.07. The van der Waals surface area contributed by atoms with Crippen molar-refractivity contribution in [3.63, 3.8) is 0 Å². The Kier molecular flexibility index (Phi) is 3.11. The maximum atomic E-state index is 11.4. The lowest BCUT2D eigenvalue weighted by molar-refractivity contribution is -0.163. The number of benzene rings is 2. The van der Waals surface area contributed by atoms with Crippen LogP contribution in [0.15, 0.2) is 42.5 Å². The van der Waals surface area contributed by atoms with Gasteiger partial charge in [0, 0.05) is 0 Å². The van der Waals surface area contributed by atoms with Gasteiger partial charge in [0.15, 0.2) is 0 Å². The quantitative estimate of drug-likeness (QED) is 0.889. The van der Waals surface area contributed by atoms with E-state index in [4.69, 9.17) is 0 Å². The van der Waals surface area contributed by atoms with E-state index in [-0.39, 0.29) is 0 Å². The van der Waals surface area contributed by atoms with Crippen molar-refractivity contribution in [2.45, 2.75) is 26.4 Å². The summed E-state index contributed by atoms with van der Waals surface area (Å²) in [7, 11) is 0. The average Bonchev–Trinajstić information content (AvgIpc) is 2.37. The van der Waals surface area contributed by atoms with E-state index in [1.807, 2.05) is 36.4 Å². The molecule has 1 atom stereocenters. The van der Waals surface area contributed by atoms with E-state index in [9.17, 15) is 15.0 Å². The average molecular weight is 258 g/mol. The number of carboxylic acid groups (broad SMARTS) is 1. The van der Waals surface area contributed by atoms with E-state index >= 15 is 0 Å². The topological polar surface area (TPSA) is 57.5 Å². The van der Waals surface area contributed by atoms with Crippen LogP contribution in [0.4, 0.5) is 0 Å². The molecule has 2 aromatic carbocycles. The first-order valence-electron chi connectivity index (χ1n) is 6.22. The number of hydrogen-bond acceptors (Lipinski definition) is 2. The normalized spacial score (nSPS) is 15.2. The maximum Gasteiger partial charge on any atom is 0.312 e. The molecule has 0 aliphatic carbocycles. The van der Waals surface area contributed by atoms with E-state index < -0.39 is 17.0 Å². The molecule has 2 rings (SSSR count). The molecule has 0 heterocycles. The van der Waals surface area contributed by atoms with E-state index in [1.165, 1.54) is 13.8 Å². The predicted molar refractivity (Wildman–Crippen MR) is 74.9 cm³/mol. The summed E-state index contributed by atoms with van der Waals surface area (Å²) in [6.45, 7) is 4.64. The summed E-state index contributed by atoms with van der Waals surface area (Å²) in [6.07, 6.45) is 0. The van der Waals surface area contributed by atoms with Gasteiger partial charge in [0.25, 0.3) is 0 Å². The summed E-state index contributed by atoms with van der Waals surface area (Å²) in [6, 6.07) is 13.2. The molecular weight excluding hydrogens is 240 g/mol. The lowest BCUT2D eigenvalue weighted by Gasteiger charge is -2.37. The minimum Gasteiger partial charge on any atom is -0.481 e. The third kappa shape index (κ3) is 2.00. The molecule has 0 aliphatic heterocycles. The Morgan fingerprint density at radius 3 is 2.21 bits per heavy atom. The van der Waals surface area contributed by atoms with Crippen molar-refractivity contribution in [1.82, 2.24) is 0 Å². The lowest BCUT2D eigenvalue weighted by Crippen LogP contribution is -2.45. The van der Waals surface area contributed by atoms with Gasteiger partial charge in [0.1, 0.15) is 5.60 Å². The van der Waals surface area contributed by atoms with Gasteiger partial charge in [0.2, 0.25) is 0 Å². The highest BCUT2D eigenvalue weighted by atomic mass is 16.4. The molecule has 19 heavy (non-hydrogen) atoms. The van der Waals surface area contributed by atoms with Crippen molar-refractivity contribution in [2.24, 2.45) is 5.41 Å². The smallest absolute Gasteiger partial charge is 0.312 e. The molecule has 3 heteroatoms. The number of carbonyl (C=O) groups is 1. The third-order valence-electron chi connectivity index (χ3n) is 4.07. The van der Waals surface area contributed by atoms with Gasteiger partial charge in [-0.05, 0) is 37.1 Å². The summed E-state index contributed by atoms with van der Waals surface area (Å²) in [5.41, 5.74) is -2.10. The number of carboxylic acids is 1. The van der Waals surface area contributed by atoms with Crippen LogP contribution in [-0.4, -0.2) is 16.2 Å². The van der Waals surface area contributed by atoms with Crippen LogP contribution >= 0.6 is 0 Å². The van der Waals surface area contributed by atoms with Crippen molar-refractivity contribution < 1.29 is 15.0 Å².